The Kier molecular flexibility index (Phi) is 6.49. The molecule has 0 aliphatic rings. The summed E-state index contributed by atoms with van der Waals surface area (Å²) in [4.78, 5) is 18.9. The molecule has 0 bridgehead atoms. The number of aromatic nitrogens is 1. The number of ether oxygens (including phenoxy) is 1. The van der Waals surface area contributed by atoms with Crippen LogP contribution in [0, 0.1) is 0 Å². The van der Waals surface area contributed by atoms with E-state index in [4.69, 9.17) is 22.1 Å². The summed E-state index contributed by atoms with van der Waals surface area (Å²) in [7, 11) is 1.59. The molecule has 4 N–H and O–H groups in total. The van der Waals surface area contributed by atoms with Gasteiger partial charge in [-0.2, -0.15) is 4.99 Å². The molecular weight excluding hydrogens is 375 g/mol. The standard InChI is InChI=1S/C18H17ClN4O2.ClH/c1-21-18(20)23-17(24)14-9-12-13(19)7-8-15(16(12)22-14)25-10-11-5-3-2-4-6-11;/h2-9,22H,10H2,1H3,(H3,20,21,23,24);1H. The minimum atomic E-state index is -0.492. The van der Waals surface area contributed by atoms with Crippen LogP contribution in [0.5, 0.6) is 5.75 Å². The maximum Gasteiger partial charge on any atom is 0.296 e. The number of aliphatic imine (C=N–C) groups is 1. The van der Waals surface area contributed by atoms with Crippen molar-refractivity contribution >= 4 is 46.8 Å². The Morgan fingerprint density at radius 2 is 2.00 bits per heavy atom. The number of nitrogens with two attached hydrogens (primary N) is 1. The first kappa shape index (κ1) is 19.6. The predicted molar refractivity (Wildman–Crippen MR) is 106 cm³/mol. The number of fused-ring (bicyclic) bond motifs is 1. The molecule has 136 valence electrons. The molecule has 6 nitrogen and oxygen atoms in total. The van der Waals surface area contributed by atoms with Gasteiger partial charge in [0.2, 0.25) is 0 Å². The van der Waals surface area contributed by atoms with Gasteiger partial charge in [-0.25, -0.2) is 0 Å². The van der Waals surface area contributed by atoms with Gasteiger partial charge in [0.1, 0.15) is 18.1 Å². The van der Waals surface area contributed by atoms with Gasteiger partial charge in [-0.3, -0.25) is 4.79 Å². The molecule has 0 unspecified atom stereocenters. The molecule has 3 rings (SSSR count). The van der Waals surface area contributed by atoms with Crippen LogP contribution in [-0.4, -0.2) is 23.9 Å². The highest BCUT2D eigenvalue weighted by Crippen LogP contribution is 2.32. The Morgan fingerprint density at radius 1 is 1.27 bits per heavy atom. The lowest BCUT2D eigenvalue weighted by Crippen LogP contribution is -2.28. The highest BCUT2D eigenvalue weighted by atomic mass is 35.5. The second-order valence-corrected chi connectivity index (χ2v) is 5.75. The van der Waals surface area contributed by atoms with Crippen LogP contribution in [0.1, 0.15) is 16.1 Å². The van der Waals surface area contributed by atoms with Gasteiger partial charge < -0.3 is 20.8 Å². The molecule has 0 aliphatic heterocycles. The topological polar surface area (TPSA) is 92.5 Å². The predicted octanol–water partition coefficient (Wildman–Crippen LogP) is 3.50. The molecule has 0 atom stereocenters. The summed E-state index contributed by atoms with van der Waals surface area (Å²) in [6.45, 7) is 0.407. The number of carbonyl (C=O) groups excluding carboxylic acids is 1. The number of benzene rings is 2. The van der Waals surface area contributed by atoms with Crippen LogP contribution in [0.25, 0.3) is 10.9 Å². The van der Waals surface area contributed by atoms with Gasteiger partial charge in [0, 0.05) is 12.4 Å². The van der Waals surface area contributed by atoms with Crippen molar-refractivity contribution in [1.82, 2.24) is 10.3 Å². The van der Waals surface area contributed by atoms with Crippen LogP contribution < -0.4 is 15.8 Å². The monoisotopic (exact) mass is 392 g/mol. The molecule has 2 aromatic carbocycles. The zero-order valence-electron chi connectivity index (χ0n) is 14.0. The van der Waals surface area contributed by atoms with E-state index in [0.717, 1.165) is 5.56 Å². The molecule has 0 aliphatic carbocycles. The van der Waals surface area contributed by atoms with Crippen LogP contribution in [0.2, 0.25) is 5.02 Å². The molecule has 1 amide bonds. The summed E-state index contributed by atoms with van der Waals surface area (Å²) in [5.41, 5.74) is 7.50. The fraction of sp³-hybridized carbons (Fsp3) is 0.111. The summed E-state index contributed by atoms with van der Waals surface area (Å²) < 4.78 is 5.88. The van der Waals surface area contributed by atoms with E-state index in [0.29, 0.717) is 28.3 Å². The Balaban J connectivity index is 0.00000243. The summed E-state index contributed by atoms with van der Waals surface area (Å²) in [6.07, 6.45) is 0. The van der Waals surface area contributed by atoms with Crippen molar-refractivity contribution in [2.24, 2.45) is 10.7 Å². The number of nitrogens with one attached hydrogen (secondary N) is 2. The van der Waals surface area contributed by atoms with Gasteiger partial charge in [-0.15, -0.1) is 12.4 Å². The summed E-state index contributed by atoms with van der Waals surface area (Å²) in [5, 5.41) is 3.81. The number of carbonyl (C=O) groups is 1. The van der Waals surface area contributed by atoms with Gasteiger partial charge in [-0.1, -0.05) is 41.9 Å². The number of aromatic amines is 1. The van der Waals surface area contributed by atoms with E-state index in [1.54, 1.807) is 25.2 Å². The summed E-state index contributed by atoms with van der Waals surface area (Å²) >= 11 is 6.24. The van der Waals surface area contributed by atoms with E-state index >= 15 is 0 Å². The van der Waals surface area contributed by atoms with E-state index in [1.807, 2.05) is 30.3 Å². The lowest BCUT2D eigenvalue weighted by atomic mass is 10.2. The van der Waals surface area contributed by atoms with Crippen LogP contribution in [-0.2, 0) is 6.61 Å². The number of guanidine groups is 1. The van der Waals surface area contributed by atoms with Crippen molar-refractivity contribution < 1.29 is 9.53 Å². The first-order valence-corrected chi connectivity index (χ1v) is 8.00. The molecule has 0 fully saturated rings. The minimum Gasteiger partial charge on any atom is -0.487 e. The van der Waals surface area contributed by atoms with Gasteiger partial charge in [0.15, 0.2) is 5.96 Å². The van der Waals surface area contributed by atoms with E-state index in [9.17, 15) is 4.79 Å². The highest BCUT2D eigenvalue weighted by molar-refractivity contribution is 6.35. The zero-order chi connectivity index (χ0) is 17.8. The fourth-order valence-electron chi connectivity index (χ4n) is 2.36. The second-order valence-electron chi connectivity index (χ2n) is 5.34. The Bertz CT molecular complexity index is 939. The van der Waals surface area contributed by atoms with Crippen molar-refractivity contribution in [2.45, 2.75) is 6.61 Å². The van der Waals surface area contributed by atoms with Crippen molar-refractivity contribution in [3.05, 3.63) is 64.8 Å². The third-order valence-corrected chi connectivity index (χ3v) is 3.98. The molecule has 8 heteroatoms. The largest absolute Gasteiger partial charge is 0.487 e. The third kappa shape index (κ3) is 4.28. The van der Waals surface area contributed by atoms with Crippen molar-refractivity contribution in [2.75, 3.05) is 7.05 Å². The van der Waals surface area contributed by atoms with Crippen LogP contribution in [0.15, 0.2) is 53.5 Å². The maximum absolute atomic E-state index is 12.2. The average Bonchev–Trinajstić information content (AvgIpc) is 3.08. The quantitative estimate of drug-likeness (QED) is 0.467. The number of nitrogens with zero attached hydrogens (tertiary/aromatic N) is 1. The molecule has 1 aromatic heterocycles. The Hall–Kier alpha value is -2.70. The number of halogens is 2. The smallest absolute Gasteiger partial charge is 0.296 e. The summed E-state index contributed by atoms with van der Waals surface area (Å²) in [6, 6.07) is 14.9. The number of hydrogen-bond acceptors (Lipinski definition) is 2. The lowest BCUT2D eigenvalue weighted by Gasteiger charge is -2.08. The first-order chi connectivity index (χ1) is 12.1. The molecule has 0 saturated heterocycles. The maximum atomic E-state index is 12.2. The SMILES string of the molecule is CNC(N)=NC(=O)c1cc2c(Cl)ccc(OCc3ccccc3)c2[nH]1.Cl. The van der Waals surface area contributed by atoms with E-state index in [1.165, 1.54) is 0 Å². The third-order valence-electron chi connectivity index (χ3n) is 3.65. The second kappa shape index (κ2) is 8.60. The van der Waals surface area contributed by atoms with Gasteiger partial charge in [0.05, 0.1) is 10.5 Å². The Morgan fingerprint density at radius 3 is 2.69 bits per heavy atom. The summed E-state index contributed by atoms with van der Waals surface area (Å²) in [5.74, 6) is 0.149. The molecule has 0 saturated carbocycles. The lowest BCUT2D eigenvalue weighted by molar-refractivity contribution is 0.0998. The van der Waals surface area contributed by atoms with Gasteiger partial charge in [0.25, 0.3) is 5.91 Å². The zero-order valence-corrected chi connectivity index (χ0v) is 15.5. The highest BCUT2D eigenvalue weighted by Gasteiger charge is 2.14. The van der Waals surface area contributed by atoms with E-state index in [2.05, 4.69) is 15.3 Å². The molecule has 1 heterocycles. The average molecular weight is 393 g/mol. The normalized spacial score (nSPS) is 11.1. The Labute approximate surface area is 161 Å². The van der Waals surface area contributed by atoms with Crippen LogP contribution in [0.4, 0.5) is 0 Å². The van der Waals surface area contributed by atoms with Crippen molar-refractivity contribution in [3.63, 3.8) is 0 Å². The fourth-order valence-corrected chi connectivity index (χ4v) is 2.57. The van der Waals surface area contributed by atoms with E-state index in [-0.39, 0.29) is 24.1 Å². The number of H-pyrrole nitrogens is 1. The minimum absolute atomic E-state index is 0. The molecular formula is C18H18Cl2N4O2. The van der Waals surface area contributed by atoms with Gasteiger partial charge in [-0.05, 0) is 23.8 Å². The van der Waals surface area contributed by atoms with Crippen molar-refractivity contribution in [3.8, 4) is 5.75 Å². The molecule has 3 aromatic rings. The number of amides is 1. The van der Waals surface area contributed by atoms with Crippen molar-refractivity contribution in [1.29, 1.82) is 0 Å². The molecule has 0 radical (unpaired) electrons. The number of rotatable bonds is 4. The van der Waals surface area contributed by atoms with Crippen LogP contribution >= 0.6 is 24.0 Å². The first-order valence-electron chi connectivity index (χ1n) is 7.62. The molecule has 0 spiro atoms. The number of hydrogen-bond donors (Lipinski definition) is 3. The molecule has 26 heavy (non-hydrogen) atoms. The van der Waals surface area contributed by atoms with Crippen LogP contribution in [0.3, 0.4) is 0 Å². The van der Waals surface area contributed by atoms with Gasteiger partial charge >= 0.3 is 0 Å². The van der Waals surface area contributed by atoms with E-state index < -0.39 is 5.91 Å².